The van der Waals surface area contributed by atoms with E-state index in [1.807, 2.05) is 12.3 Å². The highest BCUT2D eigenvalue weighted by Gasteiger charge is 2.26. The number of rotatable bonds is 4. The summed E-state index contributed by atoms with van der Waals surface area (Å²) in [5, 5.41) is 7.02. The minimum absolute atomic E-state index is 0.0604. The molecule has 0 amide bonds. The third-order valence-electron chi connectivity index (χ3n) is 4.30. The van der Waals surface area contributed by atoms with Gasteiger partial charge in [0.15, 0.2) is 5.82 Å². The van der Waals surface area contributed by atoms with Gasteiger partial charge in [-0.05, 0) is 25.7 Å². The SMILES string of the molecule is CCC1CCCC(c2noc(-c3csc(C(C)N)n3)n2)C1. The van der Waals surface area contributed by atoms with E-state index in [9.17, 15) is 0 Å². The Hall–Kier alpha value is -1.27. The second-order valence-electron chi connectivity index (χ2n) is 5.96. The average molecular weight is 306 g/mol. The lowest BCUT2D eigenvalue weighted by Gasteiger charge is -2.26. The molecule has 2 N–H and O–H groups in total. The van der Waals surface area contributed by atoms with Gasteiger partial charge in [0.25, 0.3) is 5.89 Å². The van der Waals surface area contributed by atoms with Gasteiger partial charge in [0.1, 0.15) is 10.7 Å². The summed E-state index contributed by atoms with van der Waals surface area (Å²) < 4.78 is 5.41. The maximum absolute atomic E-state index is 5.84. The predicted octanol–water partition coefficient (Wildman–Crippen LogP) is 3.90. The molecule has 114 valence electrons. The molecule has 3 rings (SSSR count). The Bertz CT molecular complexity index is 592. The molecule has 21 heavy (non-hydrogen) atoms. The third-order valence-corrected chi connectivity index (χ3v) is 5.34. The molecular formula is C15H22N4OS. The molecule has 3 atom stereocenters. The van der Waals surface area contributed by atoms with Crippen LogP contribution in [-0.4, -0.2) is 15.1 Å². The largest absolute Gasteiger partial charge is 0.332 e. The first kappa shape index (κ1) is 14.7. The minimum Gasteiger partial charge on any atom is -0.332 e. The standard InChI is InChI=1S/C15H22N4OS/c1-3-10-5-4-6-11(7-10)13-18-14(20-19-13)12-8-21-15(17-12)9(2)16/h8-11H,3-7,16H2,1-2H3. The van der Waals surface area contributed by atoms with Crippen molar-refractivity contribution in [2.45, 2.75) is 57.9 Å². The lowest BCUT2D eigenvalue weighted by Crippen LogP contribution is -2.14. The fourth-order valence-corrected chi connectivity index (χ4v) is 3.75. The smallest absolute Gasteiger partial charge is 0.277 e. The van der Waals surface area contributed by atoms with Gasteiger partial charge in [0.2, 0.25) is 0 Å². The van der Waals surface area contributed by atoms with E-state index in [-0.39, 0.29) is 6.04 Å². The number of hydrogen-bond donors (Lipinski definition) is 1. The quantitative estimate of drug-likeness (QED) is 0.927. The van der Waals surface area contributed by atoms with Crippen LogP contribution in [0.4, 0.5) is 0 Å². The molecule has 0 aliphatic heterocycles. The van der Waals surface area contributed by atoms with E-state index >= 15 is 0 Å². The third kappa shape index (κ3) is 3.16. The number of hydrogen-bond acceptors (Lipinski definition) is 6. The molecule has 0 saturated heterocycles. The van der Waals surface area contributed by atoms with Crippen LogP contribution in [0.1, 0.15) is 68.7 Å². The Labute approximate surface area is 129 Å². The van der Waals surface area contributed by atoms with Gasteiger partial charge in [-0.3, -0.25) is 0 Å². The Morgan fingerprint density at radius 2 is 2.29 bits per heavy atom. The molecule has 3 unspecified atom stereocenters. The molecule has 2 aromatic rings. The number of nitrogens with zero attached hydrogens (tertiary/aromatic N) is 3. The van der Waals surface area contributed by atoms with Gasteiger partial charge in [-0.2, -0.15) is 4.98 Å². The summed E-state index contributed by atoms with van der Waals surface area (Å²) >= 11 is 1.54. The molecule has 6 heteroatoms. The molecule has 2 heterocycles. The van der Waals surface area contributed by atoms with Crippen LogP contribution in [0.15, 0.2) is 9.90 Å². The van der Waals surface area contributed by atoms with Crippen LogP contribution >= 0.6 is 11.3 Å². The Morgan fingerprint density at radius 1 is 1.43 bits per heavy atom. The fraction of sp³-hybridized carbons (Fsp3) is 0.667. The van der Waals surface area contributed by atoms with Gasteiger partial charge in [0, 0.05) is 11.3 Å². The van der Waals surface area contributed by atoms with Crippen LogP contribution in [0.2, 0.25) is 0 Å². The second kappa shape index (κ2) is 6.23. The molecule has 0 aromatic carbocycles. The lowest BCUT2D eigenvalue weighted by atomic mass is 9.80. The van der Waals surface area contributed by atoms with Gasteiger partial charge in [-0.15, -0.1) is 11.3 Å². The van der Waals surface area contributed by atoms with E-state index in [0.717, 1.165) is 28.9 Å². The first-order valence-corrected chi connectivity index (χ1v) is 8.60. The van der Waals surface area contributed by atoms with E-state index in [1.165, 1.54) is 37.0 Å². The summed E-state index contributed by atoms with van der Waals surface area (Å²) in [6, 6.07) is -0.0604. The zero-order valence-corrected chi connectivity index (χ0v) is 13.4. The molecule has 0 spiro atoms. The van der Waals surface area contributed by atoms with Crippen LogP contribution in [0.25, 0.3) is 11.6 Å². The molecule has 5 nitrogen and oxygen atoms in total. The Morgan fingerprint density at radius 3 is 3.00 bits per heavy atom. The molecule has 1 aliphatic carbocycles. The summed E-state index contributed by atoms with van der Waals surface area (Å²) in [5.41, 5.74) is 6.58. The molecule has 1 saturated carbocycles. The summed E-state index contributed by atoms with van der Waals surface area (Å²) in [4.78, 5) is 9.04. The van der Waals surface area contributed by atoms with Crippen molar-refractivity contribution in [2.24, 2.45) is 11.7 Å². The molecule has 0 radical (unpaired) electrons. The van der Waals surface area contributed by atoms with Crippen molar-refractivity contribution in [3.05, 3.63) is 16.2 Å². The van der Waals surface area contributed by atoms with E-state index in [2.05, 4.69) is 22.0 Å². The number of thiazole rings is 1. The first-order chi connectivity index (χ1) is 10.2. The van der Waals surface area contributed by atoms with Crippen molar-refractivity contribution >= 4 is 11.3 Å². The van der Waals surface area contributed by atoms with Crippen molar-refractivity contribution in [1.29, 1.82) is 0 Å². The molecule has 2 aromatic heterocycles. The topological polar surface area (TPSA) is 77.8 Å². The minimum atomic E-state index is -0.0604. The van der Waals surface area contributed by atoms with Gasteiger partial charge in [-0.25, -0.2) is 4.98 Å². The van der Waals surface area contributed by atoms with Crippen LogP contribution in [0.5, 0.6) is 0 Å². The normalized spacial score (nSPS) is 24.1. The van der Waals surface area contributed by atoms with Crippen molar-refractivity contribution < 1.29 is 4.52 Å². The summed E-state index contributed by atoms with van der Waals surface area (Å²) in [6.07, 6.45) is 6.18. The van der Waals surface area contributed by atoms with Gasteiger partial charge < -0.3 is 10.3 Å². The monoisotopic (exact) mass is 306 g/mol. The zero-order chi connectivity index (χ0) is 14.8. The van der Waals surface area contributed by atoms with Crippen molar-refractivity contribution in [3.8, 4) is 11.6 Å². The van der Waals surface area contributed by atoms with E-state index in [1.54, 1.807) is 0 Å². The average Bonchev–Trinajstić information content (AvgIpc) is 3.16. The van der Waals surface area contributed by atoms with Crippen LogP contribution in [0, 0.1) is 5.92 Å². The summed E-state index contributed by atoms with van der Waals surface area (Å²) in [7, 11) is 0. The second-order valence-corrected chi connectivity index (χ2v) is 6.84. The summed E-state index contributed by atoms with van der Waals surface area (Å²) in [5.74, 6) is 2.60. The van der Waals surface area contributed by atoms with E-state index < -0.39 is 0 Å². The van der Waals surface area contributed by atoms with Crippen molar-refractivity contribution in [1.82, 2.24) is 15.1 Å². The van der Waals surface area contributed by atoms with Gasteiger partial charge >= 0.3 is 0 Å². The van der Waals surface area contributed by atoms with Gasteiger partial charge in [-0.1, -0.05) is 31.3 Å². The van der Waals surface area contributed by atoms with E-state index in [0.29, 0.717) is 11.8 Å². The lowest BCUT2D eigenvalue weighted by molar-refractivity contribution is 0.300. The molecule has 1 aliphatic rings. The number of aromatic nitrogens is 3. The van der Waals surface area contributed by atoms with Crippen molar-refractivity contribution in [2.75, 3.05) is 0 Å². The predicted molar refractivity (Wildman–Crippen MR) is 83.0 cm³/mol. The maximum Gasteiger partial charge on any atom is 0.277 e. The highest BCUT2D eigenvalue weighted by Crippen LogP contribution is 2.37. The molecule has 1 fully saturated rings. The molecule has 0 bridgehead atoms. The highest BCUT2D eigenvalue weighted by atomic mass is 32.1. The Balaban J connectivity index is 1.76. The van der Waals surface area contributed by atoms with Gasteiger partial charge in [0.05, 0.1) is 6.04 Å². The number of nitrogens with two attached hydrogens (primary N) is 1. The first-order valence-electron chi connectivity index (χ1n) is 7.72. The highest BCUT2D eigenvalue weighted by molar-refractivity contribution is 7.10. The fourth-order valence-electron chi connectivity index (χ4n) is 3.00. The summed E-state index contributed by atoms with van der Waals surface area (Å²) in [6.45, 7) is 4.19. The van der Waals surface area contributed by atoms with Crippen molar-refractivity contribution in [3.63, 3.8) is 0 Å². The Kier molecular flexibility index (Phi) is 4.35. The van der Waals surface area contributed by atoms with E-state index in [4.69, 9.17) is 10.3 Å². The van der Waals surface area contributed by atoms with Crippen LogP contribution in [0.3, 0.4) is 0 Å². The zero-order valence-electron chi connectivity index (χ0n) is 12.6. The van der Waals surface area contributed by atoms with Crippen LogP contribution in [-0.2, 0) is 0 Å². The maximum atomic E-state index is 5.84. The molecular weight excluding hydrogens is 284 g/mol. The van der Waals surface area contributed by atoms with Crippen LogP contribution < -0.4 is 5.73 Å².